The lowest BCUT2D eigenvalue weighted by Crippen LogP contribution is -2.23. The van der Waals surface area contributed by atoms with Crippen LogP contribution in [0.2, 0.25) is 0 Å². The lowest BCUT2D eigenvalue weighted by atomic mass is 10.0. The zero-order chi connectivity index (χ0) is 12.3. The van der Waals surface area contributed by atoms with Gasteiger partial charge >= 0.3 is 0 Å². The molecule has 1 unspecified atom stereocenters. The van der Waals surface area contributed by atoms with Crippen LogP contribution in [0.1, 0.15) is 12.5 Å². The van der Waals surface area contributed by atoms with Gasteiger partial charge in [-0.05, 0) is 31.5 Å². The van der Waals surface area contributed by atoms with Gasteiger partial charge in [0.05, 0.1) is 6.20 Å². The van der Waals surface area contributed by atoms with E-state index in [1.54, 1.807) is 0 Å². The van der Waals surface area contributed by atoms with E-state index in [1.165, 1.54) is 16.7 Å². The van der Waals surface area contributed by atoms with Crippen LogP contribution in [-0.4, -0.2) is 22.9 Å². The van der Waals surface area contributed by atoms with Crippen molar-refractivity contribution < 1.29 is 0 Å². The van der Waals surface area contributed by atoms with Crippen molar-refractivity contribution in [2.75, 3.05) is 7.05 Å². The van der Waals surface area contributed by atoms with Gasteiger partial charge in [0.1, 0.15) is 0 Å². The molecule has 3 nitrogen and oxygen atoms in total. The van der Waals surface area contributed by atoms with Gasteiger partial charge in [0.15, 0.2) is 0 Å². The number of hydrogen-bond acceptors (Lipinski definition) is 2. The molecular formula is C14H19N3. The quantitative estimate of drug-likeness (QED) is 0.871. The van der Waals surface area contributed by atoms with E-state index in [4.69, 9.17) is 0 Å². The van der Waals surface area contributed by atoms with Crippen molar-refractivity contribution in [2.45, 2.75) is 19.4 Å². The van der Waals surface area contributed by atoms with Crippen molar-refractivity contribution in [3.8, 4) is 11.1 Å². The molecule has 1 aromatic heterocycles. The van der Waals surface area contributed by atoms with E-state index >= 15 is 0 Å². The summed E-state index contributed by atoms with van der Waals surface area (Å²) in [5.74, 6) is 0. The molecule has 3 heteroatoms. The molecule has 17 heavy (non-hydrogen) atoms. The van der Waals surface area contributed by atoms with Crippen LogP contribution < -0.4 is 5.32 Å². The highest BCUT2D eigenvalue weighted by Gasteiger charge is 2.03. The first-order chi connectivity index (χ1) is 8.19. The van der Waals surface area contributed by atoms with Gasteiger partial charge in [0, 0.05) is 24.8 Å². The van der Waals surface area contributed by atoms with Crippen LogP contribution in [0, 0.1) is 0 Å². The van der Waals surface area contributed by atoms with Gasteiger partial charge < -0.3 is 5.32 Å². The van der Waals surface area contributed by atoms with E-state index in [0.717, 1.165) is 6.42 Å². The SMILES string of the molecule is CNC(C)Cc1ccc(-c2cnn(C)c2)cc1. The predicted octanol–water partition coefficient (Wildman–Crippen LogP) is 2.24. The van der Waals surface area contributed by atoms with Gasteiger partial charge in [0.2, 0.25) is 0 Å². The van der Waals surface area contributed by atoms with Crippen LogP contribution in [0.15, 0.2) is 36.7 Å². The van der Waals surface area contributed by atoms with E-state index in [2.05, 4.69) is 41.6 Å². The number of aromatic nitrogens is 2. The first kappa shape index (κ1) is 11.9. The molecule has 0 bridgehead atoms. The number of nitrogens with one attached hydrogen (secondary N) is 1. The summed E-state index contributed by atoms with van der Waals surface area (Å²) < 4.78 is 1.83. The standard InChI is InChI=1S/C14H19N3/c1-11(15-2)8-12-4-6-13(7-5-12)14-9-16-17(3)10-14/h4-7,9-11,15H,8H2,1-3H3. The molecule has 1 aromatic carbocycles. The normalized spacial score (nSPS) is 12.6. The van der Waals surface area contributed by atoms with E-state index in [-0.39, 0.29) is 0 Å². The van der Waals surface area contributed by atoms with Crippen LogP contribution >= 0.6 is 0 Å². The average molecular weight is 229 g/mol. The van der Waals surface area contributed by atoms with Crippen LogP contribution in [0.25, 0.3) is 11.1 Å². The fourth-order valence-electron chi connectivity index (χ4n) is 1.86. The number of likely N-dealkylation sites (N-methyl/N-ethyl adjacent to an activating group) is 1. The Morgan fingerprint density at radius 3 is 2.47 bits per heavy atom. The summed E-state index contributed by atoms with van der Waals surface area (Å²) in [5.41, 5.74) is 3.75. The Hall–Kier alpha value is -1.61. The van der Waals surface area contributed by atoms with Gasteiger partial charge in [0.25, 0.3) is 0 Å². The molecule has 0 saturated carbocycles. The van der Waals surface area contributed by atoms with E-state index in [0.29, 0.717) is 6.04 Å². The Morgan fingerprint density at radius 2 is 1.94 bits per heavy atom. The third kappa shape index (κ3) is 2.94. The molecule has 2 aromatic rings. The number of nitrogens with zero attached hydrogens (tertiary/aromatic N) is 2. The van der Waals surface area contributed by atoms with Crippen LogP contribution in [0.4, 0.5) is 0 Å². The Labute approximate surface area is 102 Å². The maximum atomic E-state index is 4.18. The number of hydrogen-bond donors (Lipinski definition) is 1. The van der Waals surface area contributed by atoms with Gasteiger partial charge in [-0.3, -0.25) is 4.68 Å². The summed E-state index contributed by atoms with van der Waals surface area (Å²) in [6.45, 7) is 2.19. The van der Waals surface area contributed by atoms with Gasteiger partial charge in [-0.2, -0.15) is 5.10 Å². The minimum absolute atomic E-state index is 0.513. The minimum atomic E-state index is 0.513. The second-order valence-corrected chi connectivity index (χ2v) is 4.49. The highest BCUT2D eigenvalue weighted by molar-refractivity contribution is 5.61. The zero-order valence-electron chi connectivity index (χ0n) is 10.6. The molecule has 1 heterocycles. The number of aryl methyl sites for hydroxylation is 1. The smallest absolute Gasteiger partial charge is 0.0568 e. The summed E-state index contributed by atoms with van der Waals surface area (Å²) in [7, 11) is 3.93. The van der Waals surface area contributed by atoms with Crippen molar-refractivity contribution in [2.24, 2.45) is 7.05 Å². The fourth-order valence-corrected chi connectivity index (χ4v) is 1.86. The zero-order valence-corrected chi connectivity index (χ0v) is 10.6. The maximum absolute atomic E-state index is 4.18. The second kappa shape index (κ2) is 5.15. The van der Waals surface area contributed by atoms with Crippen LogP contribution in [0.5, 0.6) is 0 Å². The van der Waals surface area contributed by atoms with E-state index in [1.807, 2.05) is 31.2 Å². The second-order valence-electron chi connectivity index (χ2n) is 4.49. The van der Waals surface area contributed by atoms with Gasteiger partial charge in [-0.1, -0.05) is 24.3 Å². The summed E-state index contributed by atoms with van der Waals surface area (Å²) in [6, 6.07) is 9.22. The molecule has 2 rings (SSSR count). The third-order valence-electron chi connectivity index (χ3n) is 3.03. The predicted molar refractivity (Wildman–Crippen MR) is 70.9 cm³/mol. The van der Waals surface area contributed by atoms with E-state index in [9.17, 15) is 0 Å². The third-order valence-corrected chi connectivity index (χ3v) is 3.03. The molecule has 0 spiro atoms. The molecule has 90 valence electrons. The molecular weight excluding hydrogens is 210 g/mol. The van der Waals surface area contributed by atoms with Crippen molar-refractivity contribution in [1.82, 2.24) is 15.1 Å². The highest BCUT2D eigenvalue weighted by atomic mass is 15.2. The topological polar surface area (TPSA) is 29.9 Å². The summed E-state index contributed by atoms with van der Waals surface area (Å²) in [5, 5.41) is 7.43. The molecule has 0 radical (unpaired) electrons. The van der Waals surface area contributed by atoms with E-state index < -0.39 is 0 Å². The molecule has 0 amide bonds. The first-order valence-corrected chi connectivity index (χ1v) is 5.94. The lowest BCUT2D eigenvalue weighted by Gasteiger charge is -2.10. The molecule has 0 fully saturated rings. The van der Waals surface area contributed by atoms with Crippen molar-refractivity contribution >= 4 is 0 Å². The Morgan fingerprint density at radius 1 is 1.24 bits per heavy atom. The Balaban J connectivity index is 2.13. The summed E-state index contributed by atoms with van der Waals surface area (Å²) in [6.07, 6.45) is 4.99. The van der Waals surface area contributed by atoms with Crippen LogP contribution in [-0.2, 0) is 13.5 Å². The van der Waals surface area contributed by atoms with Gasteiger partial charge in [-0.25, -0.2) is 0 Å². The molecule has 0 saturated heterocycles. The number of rotatable bonds is 4. The average Bonchev–Trinajstić information content (AvgIpc) is 2.77. The minimum Gasteiger partial charge on any atom is -0.317 e. The monoisotopic (exact) mass is 229 g/mol. The molecule has 1 atom stereocenters. The Bertz CT molecular complexity index is 470. The van der Waals surface area contributed by atoms with Crippen molar-refractivity contribution in [1.29, 1.82) is 0 Å². The molecule has 0 aliphatic heterocycles. The number of benzene rings is 1. The lowest BCUT2D eigenvalue weighted by molar-refractivity contribution is 0.608. The highest BCUT2D eigenvalue weighted by Crippen LogP contribution is 2.19. The molecule has 0 aliphatic carbocycles. The summed E-state index contributed by atoms with van der Waals surface area (Å²) >= 11 is 0. The Kier molecular flexibility index (Phi) is 3.59. The van der Waals surface area contributed by atoms with Gasteiger partial charge in [-0.15, -0.1) is 0 Å². The summed E-state index contributed by atoms with van der Waals surface area (Å²) in [4.78, 5) is 0. The first-order valence-electron chi connectivity index (χ1n) is 5.94. The van der Waals surface area contributed by atoms with Crippen molar-refractivity contribution in [3.05, 3.63) is 42.2 Å². The van der Waals surface area contributed by atoms with Crippen molar-refractivity contribution in [3.63, 3.8) is 0 Å². The van der Waals surface area contributed by atoms with Crippen LogP contribution in [0.3, 0.4) is 0 Å². The maximum Gasteiger partial charge on any atom is 0.0568 e. The largest absolute Gasteiger partial charge is 0.317 e. The molecule has 0 aliphatic rings. The molecule has 1 N–H and O–H groups in total. The fraction of sp³-hybridized carbons (Fsp3) is 0.357.